The lowest BCUT2D eigenvalue weighted by molar-refractivity contribution is 0.397. The summed E-state index contributed by atoms with van der Waals surface area (Å²) in [6.07, 6.45) is 7.90. The van der Waals surface area contributed by atoms with Crippen LogP contribution in [0.1, 0.15) is 36.6 Å². The lowest BCUT2D eigenvalue weighted by Crippen LogP contribution is -2.02. The summed E-state index contributed by atoms with van der Waals surface area (Å²) in [4.78, 5) is 10.0. The molecule has 0 aliphatic heterocycles. The number of hydrogen-bond donors (Lipinski definition) is 0. The van der Waals surface area contributed by atoms with E-state index in [-0.39, 0.29) is 0 Å². The van der Waals surface area contributed by atoms with Crippen LogP contribution in [-0.4, -0.2) is 23.3 Å². The first-order valence-electron chi connectivity index (χ1n) is 7.19. The van der Waals surface area contributed by atoms with Crippen molar-refractivity contribution in [1.29, 1.82) is 0 Å². The van der Waals surface area contributed by atoms with Crippen LogP contribution in [0.4, 0.5) is 0 Å². The zero-order valence-electron chi connectivity index (χ0n) is 13.1. The Labute approximate surface area is 131 Å². The van der Waals surface area contributed by atoms with Gasteiger partial charge in [0, 0.05) is 29.0 Å². The predicted molar refractivity (Wildman–Crippen MR) is 88.3 cm³/mol. The summed E-state index contributed by atoms with van der Waals surface area (Å²) in [6.45, 7) is 4.37. The summed E-state index contributed by atoms with van der Waals surface area (Å²) < 4.78 is 5.20. The Hall–Kier alpha value is -1.55. The Morgan fingerprint density at radius 1 is 1.29 bits per heavy atom. The van der Waals surface area contributed by atoms with Crippen LogP contribution in [0.3, 0.4) is 0 Å². The van der Waals surface area contributed by atoms with E-state index in [9.17, 15) is 0 Å². The molecule has 2 aromatic rings. The van der Waals surface area contributed by atoms with E-state index in [0.717, 1.165) is 18.5 Å². The molecule has 3 nitrogen and oxygen atoms in total. The fourth-order valence-corrected chi connectivity index (χ4v) is 2.99. The molecule has 0 saturated heterocycles. The van der Waals surface area contributed by atoms with E-state index in [0.29, 0.717) is 11.8 Å². The molecule has 0 aliphatic rings. The second-order valence-corrected chi connectivity index (χ2v) is 5.93. The molecule has 0 amide bonds. The molecule has 0 spiro atoms. The number of aryl methyl sites for hydroxylation is 1. The number of nitrogens with zero attached hydrogens (tertiary/aromatic N) is 2. The molecule has 2 aromatic heterocycles. The summed E-state index contributed by atoms with van der Waals surface area (Å²) in [7, 11) is 1.65. The smallest absolute Gasteiger partial charge is 0.213 e. The van der Waals surface area contributed by atoms with Crippen molar-refractivity contribution < 1.29 is 4.74 Å². The number of ether oxygens (including phenoxy) is 1. The zero-order valence-corrected chi connectivity index (χ0v) is 13.9. The molecule has 4 heteroatoms. The van der Waals surface area contributed by atoms with Crippen LogP contribution in [0.2, 0.25) is 0 Å². The number of methoxy groups -OCH3 is 1. The molecule has 0 N–H and O–H groups in total. The van der Waals surface area contributed by atoms with Crippen molar-refractivity contribution in [3.63, 3.8) is 0 Å². The minimum absolute atomic E-state index is 0.405. The van der Waals surface area contributed by atoms with Gasteiger partial charge in [-0.25, -0.2) is 4.98 Å². The first-order chi connectivity index (χ1) is 10.2. The minimum Gasteiger partial charge on any atom is -0.481 e. The summed E-state index contributed by atoms with van der Waals surface area (Å²) in [5, 5.41) is 0. The third kappa shape index (κ3) is 3.97. The summed E-state index contributed by atoms with van der Waals surface area (Å²) in [5.74, 6) is 1.07. The number of thioether (sulfide) groups is 1. The number of hydrogen-bond acceptors (Lipinski definition) is 4. The summed E-state index contributed by atoms with van der Waals surface area (Å²) >= 11 is 1.79. The Morgan fingerprint density at radius 2 is 2.10 bits per heavy atom. The first-order valence-corrected chi connectivity index (χ1v) is 8.42. The average molecular weight is 302 g/mol. The molecule has 112 valence electrons. The van der Waals surface area contributed by atoms with Crippen molar-refractivity contribution in [2.75, 3.05) is 13.4 Å². The Balaban J connectivity index is 2.20. The second-order valence-electron chi connectivity index (χ2n) is 5.08. The predicted octanol–water partition coefficient (Wildman–Crippen LogP) is 4.12. The van der Waals surface area contributed by atoms with Gasteiger partial charge in [-0.05, 0) is 48.3 Å². The average Bonchev–Trinajstić information content (AvgIpc) is 2.55. The third-order valence-electron chi connectivity index (χ3n) is 3.65. The minimum atomic E-state index is 0.405. The molecule has 21 heavy (non-hydrogen) atoms. The highest BCUT2D eigenvalue weighted by Gasteiger charge is 2.12. The maximum Gasteiger partial charge on any atom is 0.213 e. The molecular formula is C17H22N2OS. The van der Waals surface area contributed by atoms with Crippen LogP contribution in [0.5, 0.6) is 5.88 Å². The highest BCUT2D eigenvalue weighted by Crippen LogP contribution is 2.28. The van der Waals surface area contributed by atoms with Crippen LogP contribution in [0.15, 0.2) is 35.5 Å². The van der Waals surface area contributed by atoms with Gasteiger partial charge in [-0.1, -0.05) is 13.8 Å². The molecule has 2 heterocycles. The van der Waals surface area contributed by atoms with Gasteiger partial charge in [0.15, 0.2) is 0 Å². The van der Waals surface area contributed by atoms with Crippen molar-refractivity contribution in [1.82, 2.24) is 9.97 Å². The van der Waals surface area contributed by atoms with Crippen molar-refractivity contribution in [3.8, 4) is 5.88 Å². The fraction of sp³-hybridized carbons (Fsp3) is 0.412. The molecular weight excluding hydrogens is 280 g/mol. The van der Waals surface area contributed by atoms with Gasteiger partial charge in [0.05, 0.1) is 7.11 Å². The van der Waals surface area contributed by atoms with Crippen LogP contribution in [0, 0.1) is 0 Å². The number of pyridine rings is 2. The Kier molecular flexibility index (Phi) is 5.62. The molecule has 0 fully saturated rings. The van der Waals surface area contributed by atoms with Crippen LogP contribution in [-0.2, 0) is 12.8 Å². The lowest BCUT2D eigenvalue weighted by Gasteiger charge is -2.15. The number of aromatic nitrogens is 2. The highest BCUT2D eigenvalue weighted by molar-refractivity contribution is 7.98. The van der Waals surface area contributed by atoms with Gasteiger partial charge in [-0.2, -0.15) is 0 Å². The van der Waals surface area contributed by atoms with Gasteiger partial charge in [0.1, 0.15) is 0 Å². The monoisotopic (exact) mass is 302 g/mol. The van der Waals surface area contributed by atoms with E-state index in [1.165, 1.54) is 16.0 Å². The van der Waals surface area contributed by atoms with E-state index < -0.39 is 0 Å². The molecule has 0 bridgehead atoms. The Morgan fingerprint density at radius 3 is 2.76 bits per heavy atom. The lowest BCUT2D eigenvalue weighted by atomic mass is 9.95. The summed E-state index contributed by atoms with van der Waals surface area (Å²) in [6, 6.07) is 6.27. The maximum atomic E-state index is 5.20. The van der Waals surface area contributed by atoms with E-state index in [1.54, 1.807) is 25.1 Å². The van der Waals surface area contributed by atoms with E-state index in [2.05, 4.69) is 42.2 Å². The topological polar surface area (TPSA) is 35.0 Å². The molecule has 2 rings (SSSR count). The molecule has 1 atom stereocenters. The molecule has 0 aromatic carbocycles. The third-order valence-corrected chi connectivity index (χ3v) is 4.47. The van der Waals surface area contributed by atoms with Crippen molar-refractivity contribution in [2.45, 2.75) is 37.5 Å². The van der Waals surface area contributed by atoms with Crippen molar-refractivity contribution >= 4 is 11.8 Å². The van der Waals surface area contributed by atoms with Crippen LogP contribution in [0.25, 0.3) is 0 Å². The maximum absolute atomic E-state index is 5.20. The molecule has 0 aliphatic carbocycles. The van der Waals surface area contributed by atoms with Gasteiger partial charge in [-0.3, -0.25) is 4.98 Å². The molecule has 1 unspecified atom stereocenters. The Bertz CT molecular complexity index is 601. The van der Waals surface area contributed by atoms with E-state index in [1.807, 2.05) is 12.3 Å². The SMILES string of the molecule is CCc1cc(SC)c(CC(C)c2ccnc(OC)c2)cn1. The molecule has 0 saturated carbocycles. The zero-order chi connectivity index (χ0) is 15.2. The van der Waals surface area contributed by atoms with Crippen molar-refractivity contribution in [2.24, 2.45) is 0 Å². The largest absolute Gasteiger partial charge is 0.481 e. The van der Waals surface area contributed by atoms with Crippen LogP contribution >= 0.6 is 11.8 Å². The number of rotatable bonds is 6. The second kappa shape index (κ2) is 7.46. The van der Waals surface area contributed by atoms with Crippen molar-refractivity contribution in [3.05, 3.63) is 47.4 Å². The first kappa shape index (κ1) is 15.8. The fourth-order valence-electron chi connectivity index (χ4n) is 2.33. The van der Waals surface area contributed by atoms with Crippen LogP contribution < -0.4 is 4.74 Å². The van der Waals surface area contributed by atoms with Gasteiger partial charge >= 0.3 is 0 Å². The van der Waals surface area contributed by atoms with Gasteiger partial charge in [-0.15, -0.1) is 11.8 Å². The van der Waals surface area contributed by atoms with Gasteiger partial charge in [0.25, 0.3) is 0 Å². The quantitative estimate of drug-likeness (QED) is 0.752. The van der Waals surface area contributed by atoms with Gasteiger partial charge in [0.2, 0.25) is 5.88 Å². The highest BCUT2D eigenvalue weighted by atomic mass is 32.2. The summed E-state index contributed by atoms with van der Waals surface area (Å²) in [5.41, 5.74) is 3.71. The molecule has 0 radical (unpaired) electrons. The van der Waals surface area contributed by atoms with E-state index in [4.69, 9.17) is 4.74 Å². The normalized spacial score (nSPS) is 12.2. The van der Waals surface area contributed by atoms with E-state index >= 15 is 0 Å². The standard InChI is InChI=1S/C17H22N2OS/c1-5-15-10-16(21-4)14(11-19-15)8-12(2)13-6-7-18-17(9-13)20-3/h6-7,9-12H,5,8H2,1-4H3. The van der Waals surface area contributed by atoms with Gasteiger partial charge < -0.3 is 4.74 Å².